The van der Waals surface area contributed by atoms with Crippen LogP contribution in [-0.4, -0.2) is 48.4 Å². The van der Waals surface area contributed by atoms with E-state index in [1.165, 1.54) is 22.7 Å². The molecule has 1 saturated heterocycles. The number of hydrogen-bond donors (Lipinski definition) is 2. The van der Waals surface area contributed by atoms with E-state index in [0.717, 1.165) is 16.9 Å². The molecule has 1 aliphatic rings. The molecule has 174 valence electrons. The first-order valence-corrected chi connectivity index (χ1v) is 12.5. The highest BCUT2D eigenvalue weighted by molar-refractivity contribution is 7.17. The molecule has 1 unspecified atom stereocenters. The minimum atomic E-state index is -0.464. The molecular formula is C23H25N3O5S2. The smallest absolute Gasteiger partial charge is 0.341 e. The van der Waals surface area contributed by atoms with Crippen LogP contribution in [0, 0.1) is 0 Å². The van der Waals surface area contributed by atoms with Gasteiger partial charge in [-0.2, -0.15) is 0 Å². The highest BCUT2D eigenvalue weighted by Crippen LogP contribution is 2.38. The molecule has 0 aliphatic carbocycles. The van der Waals surface area contributed by atoms with Gasteiger partial charge in [0.15, 0.2) is 0 Å². The lowest BCUT2D eigenvalue weighted by Crippen LogP contribution is -2.45. The number of carbonyl (C=O) groups is 3. The Balaban J connectivity index is 1.41. The molecule has 2 amide bonds. The normalized spacial score (nSPS) is 16.0. The maximum Gasteiger partial charge on any atom is 0.341 e. The summed E-state index contributed by atoms with van der Waals surface area (Å²) in [6.07, 6.45) is 3.08. The summed E-state index contributed by atoms with van der Waals surface area (Å²) in [4.78, 5) is 41.0. The summed E-state index contributed by atoms with van der Waals surface area (Å²) < 4.78 is 10.5. The predicted octanol–water partition coefficient (Wildman–Crippen LogP) is 3.97. The summed E-state index contributed by atoms with van der Waals surface area (Å²) in [5, 5.41) is 9.99. The number of amides is 2. The van der Waals surface area contributed by atoms with E-state index in [-0.39, 0.29) is 31.0 Å². The number of likely N-dealkylation sites (tertiary alicyclic amines) is 1. The van der Waals surface area contributed by atoms with Crippen LogP contribution >= 0.6 is 22.7 Å². The van der Waals surface area contributed by atoms with Gasteiger partial charge in [-0.25, -0.2) is 4.79 Å². The zero-order chi connectivity index (χ0) is 23.2. The largest absolute Gasteiger partial charge is 0.467 e. The number of rotatable bonds is 9. The molecule has 3 aromatic rings. The number of nitrogens with one attached hydrogen (secondary N) is 2. The van der Waals surface area contributed by atoms with Crippen molar-refractivity contribution >= 4 is 45.5 Å². The van der Waals surface area contributed by atoms with Crippen LogP contribution in [0.15, 0.2) is 45.7 Å². The van der Waals surface area contributed by atoms with Crippen molar-refractivity contribution in [1.29, 1.82) is 0 Å². The van der Waals surface area contributed by atoms with Gasteiger partial charge >= 0.3 is 5.97 Å². The minimum absolute atomic E-state index is 0.0628. The molecule has 33 heavy (non-hydrogen) atoms. The predicted molar refractivity (Wildman–Crippen MR) is 127 cm³/mol. The van der Waals surface area contributed by atoms with Crippen molar-refractivity contribution < 1.29 is 23.5 Å². The Morgan fingerprint density at radius 3 is 2.85 bits per heavy atom. The highest BCUT2D eigenvalue weighted by atomic mass is 32.1. The average Bonchev–Trinajstić information content (AvgIpc) is 3.59. The maximum atomic E-state index is 12.9. The second-order valence-electron chi connectivity index (χ2n) is 7.53. The van der Waals surface area contributed by atoms with E-state index in [1.807, 2.05) is 27.8 Å². The number of thiophene rings is 2. The Bertz CT molecular complexity index is 1090. The molecule has 0 spiro atoms. The Morgan fingerprint density at radius 1 is 1.24 bits per heavy atom. The second kappa shape index (κ2) is 10.8. The summed E-state index contributed by atoms with van der Waals surface area (Å²) in [7, 11) is 0. The summed E-state index contributed by atoms with van der Waals surface area (Å²) in [6, 6.07) is 7.03. The van der Waals surface area contributed by atoms with Crippen LogP contribution in [0.25, 0.3) is 10.4 Å². The molecule has 4 rings (SSSR count). The minimum Gasteiger partial charge on any atom is -0.467 e. The zero-order valence-corrected chi connectivity index (χ0v) is 19.8. The van der Waals surface area contributed by atoms with Crippen LogP contribution in [0.2, 0.25) is 0 Å². The van der Waals surface area contributed by atoms with Crippen molar-refractivity contribution in [3.8, 4) is 10.4 Å². The van der Waals surface area contributed by atoms with Gasteiger partial charge in [0.1, 0.15) is 16.3 Å². The molecule has 0 bridgehead atoms. The molecule has 4 heterocycles. The van der Waals surface area contributed by atoms with Crippen LogP contribution in [-0.2, 0) is 20.9 Å². The molecule has 10 heteroatoms. The summed E-state index contributed by atoms with van der Waals surface area (Å²) >= 11 is 2.81. The average molecular weight is 488 g/mol. The lowest BCUT2D eigenvalue weighted by molar-refractivity contribution is -0.126. The van der Waals surface area contributed by atoms with Gasteiger partial charge in [-0.3, -0.25) is 14.5 Å². The quantitative estimate of drug-likeness (QED) is 0.443. The Morgan fingerprint density at radius 2 is 2.12 bits per heavy atom. The molecule has 0 aromatic carbocycles. The van der Waals surface area contributed by atoms with Gasteiger partial charge in [-0.05, 0) is 49.9 Å². The van der Waals surface area contributed by atoms with Gasteiger partial charge in [-0.15, -0.1) is 22.7 Å². The van der Waals surface area contributed by atoms with Gasteiger partial charge in [0.05, 0.1) is 32.0 Å². The van der Waals surface area contributed by atoms with Crippen LogP contribution in [0.3, 0.4) is 0 Å². The van der Waals surface area contributed by atoms with Crippen LogP contribution in [0.5, 0.6) is 0 Å². The molecule has 0 radical (unpaired) electrons. The van der Waals surface area contributed by atoms with E-state index >= 15 is 0 Å². The first-order valence-electron chi connectivity index (χ1n) is 10.7. The number of hydrogen-bond acceptors (Lipinski definition) is 8. The SMILES string of the molecule is CCOC(=O)c1c(-c2cccs2)csc1NC(=O)CN1CCCC1C(=O)NCc1ccco1. The summed E-state index contributed by atoms with van der Waals surface area (Å²) in [5.74, 6) is -0.184. The van der Waals surface area contributed by atoms with E-state index in [1.54, 1.807) is 25.3 Å². The van der Waals surface area contributed by atoms with Crippen LogP contribution in [0.1, 0.15) is 35.9 Å². The zero-order valence-electron chi connectivity index (χ0n) is 18.2. The van der Waals surface area contributed by atoms with Gasteiger partial charge in [-0.1, -0.05) is 6.07 Å². The second-order valence-corrected chi connectivity index (χ2v) is 9.35. The van der Waals surface area contributed by atoms with Crippen molar-refractivity contribution in [2.45, 2.75) is 32.4 Å². The highest BCUT2D eigenvalue weighted by Gasteiger charge is 2.32. The molecule has 0 saturated carbocycles. The lowest BCUT2D eigenvalue weighted by atomic mass is 10.1. The standard InChI is InChI=1S/C23H25N3O5S2/c1-2-30-23(29)20-16(18-8-5-11-32-18)14-33-22(20)25-19(27)13-26-9-3-7-17(26)21(28)24-12-15-6-4-10-31-15/h4-6,8,10-11,14,17H,2-3,7,9,12-13H2,1H3,(H,24,28)(H,25,27). The Hall–Kier alpha value is -2.95. The van der Waals surface area contributed by atoms with E-state index < -0.39 is 5.97 Å². The first-order chi connectivity index (χ1) is 16.1. The molecular weight excluding hydrogens is 462 g/mol. The third kappa shape index (κ3) is 5.52. The fourth-order valence-electron chi connectivity index (χ4n) is 3.84. The third-order valence-corrected chi connectivity index (χ3v) is 7.14. The van der Waals surface area contributed by atoms with Crippen molar-refractivity contribution in [3.63, 3.8) is 0 Å². The van der Waals surface area contributed by atoms with Crippen molar-refractivity contribution in [2.75, 3.05) is 25.0 Å². The van der Waals surface area contributed by atoms with Gasteiger partial charge < -0.3 is 19.8 Å². The number of ether oxygens (including phenoxy) is 1. The van der Waals surface area contributed by atoms with E-state index in [2.05, 4.69) is 10.6 Å². The molecule has 1 aliphatic heterocycles. The van der Waals surface area contributed by atoms with Crippen molar-refractivity contribution in [3.05, 3.63) is 52.6 Å². The van der Waals surface area contributed by atoms with Gasteiger partial charge in [0.25, 0.3) is 0 Å². The number of nitrogens with zero attached hydrogens (tertiary/aromatic N) is 1. The van der Waals surface area contributed by atoms with Crippen LogP contribution in [0.4, 0.5) is 5.00 Å². The van der Waals surface area contributed by atoms with E-state index in [0.29, 0.717) is 35.8 Å². The first kappa shape index (κ1) is 23.2. The number of furan rings is 1. The fourth-order valence-corrected chi connectivity index (χ4v) is 5.62. The maximum absolute atomic E-state index is 12.9. The van der Waals surface area contributed by atoms with E-state index in [9.17, 15) is 14.4 Å². The summed E-state index contributed by atoms with van der Waals surface area (Å²) in [6.45, 7) is 3.02. The lowest BCUT2D eigenvalue weighted by Gasteiger charge is -2.22. The summed E-state index contributed by atoms with van der Waals surface area (Å²) in [5.41, 5.74) is 1.12. The molecule has 3 aromatic heterocycles. The number of anilines is 1. The Labute approximate surface area is 199 Å². The van der Waals surface area contributed by atoms with Crippen LogP contribution < -0.4 is 10.6 Å². The number of esters is 1. The molecule has 1 atom stereocenters. The molecule has 1 fully saturated rings. The molecule has 8 nitrogen and oxygen atoms in total. The topological polar surface area (TPSA) is 101 Å². The van der Waals surface area contributed by atoms with Crippen molar-refractivity contribution in [1.82, 2.24) is 10.2 Å². The molecule has 2 N–H and O–H groups in total. The van der Waals surface area contributed by atoms with E-state index in [4.69, 9.17) is 9.15 Å². The number of carbonyl (C=O) groups excluding carboxylic acids is 3. The van der Waals surface area contributed by atoms with Gasteiger partial charge in [0.2, 0.25) is 11.8 Å². The van der Waals surface area contributed by atoms with Gasteiger partial charge in [0, 0.05) is 15.8 Å². The fraction of sp³-hybridized carbons (Fsp3) is 0.348. The van der Waals surface area contributed by atoms with Crippen molar-refractivity contribution in [2.24, 2.45) is 0 Å². The third-order valence-electron chi connectivity index (χ3n) is 5.34. The monoisotopic (exact) mass is 487 g/mol. The Kier molecular flexibility index (Phi) is 7.58.